The van der Waals surface area contributed by atoms with Crippen LogP contribution < -0.4 is 10.6 Å². The number of aromatic carboxylic acids is 1. The maximum Gasteiger partial charge on any atom is 0.337 e. The lowest BCUT2D eigenvalue weighted by Crippen LogP contribution is -2.44. The summed E-state index contributed by atoms with van der Waals surface area (Å²) in [6, 6.07) is 10.6. The van der Waals surface area contributed by atoms with E-state index in [0.717, 1.165) is 84.8 Å². The smallest absolute Gasteiger partial charge is 0.337 e. The number of nitrogens with two attached hydrogens (primary N) is 1. The number of likely N-dealkylation sites (N-methyl/N-ethyl adjacent to an activating group) is 1. The molecule has 176 valence electrons. The SMILES string of the molecule is CN1CCN(c2ccccc2-c2cc3c(cn2)CCc2c-3[nH]c(CC3(N)CC3)c2C(=O)O)CC1. The van der Waals surface area contributed by atoms with E-state index in [9.17, 15) is 9.90 Å². The summed E-state index contributed by atoms with van der Waals surface area (Å²) < 4.78 is 0. The molecule has 4 N–H and O–H groups in total. The second kappa shape index (κ2) is 7.96. The van der Waals surface area contributed by atoms with Crippen LogP contribution >= 0.6 is 0 Å². The first-order valence-electron chi connectivity index (χ1n) is 12.2. The van der Waals surface area contributed by atoms with E-state index in [4.69, 9.17) is 10.7 Å². The second-order valence-electron chi connectivity index (χ2n) is 10.2. The number of hydrogen-bond donors (Lipinski definition) is 3. The Morgan fingerprint density at radius 1 is 1.15 bits per heavy atom. The topological polar surface area (TPSA) is 98.5 Å². The Bertz CT molecular complexity index is 1270. The van der Waals surface area contributed by atoms with Gasteiger partial charge in [-0.25, -0.2) is 4.79 Å². The predicted molar refractivity (Wildman–Crippen MR) is 133 cm³/mol. The van der Waals surface area contributed by atoms with Crippen molar-refractivity contribution in [1.82, 2.24) is 14.9 Å². The third-order valence-electron chi connectivity index (χ3n) is 7.74. The van der Waals surface area contributed by atoms with Gasteiger partial charge in [0.2, 0.25) is 0 Å². The summed E-state index contributed by atoms with van der Waals surface area (Å²) >= 11 is 0. The van der Waals surface area contributed by atoms with Crippen LogP contribution in [-0.4, -0.2) is 64.7 Å². The zero-order valence-electron chi connectivity index (χ0n) is 19.6. The molecule has 2 fully saturated rings. The van der Waals surface area contributed by atoms with Gasteiger partial charge in [-0.05, 0) is 56.0 Å². The number of piperazine rings is 1. The van der Waals surface area contributed by atoms with Gasteiger partial charge < -0.3 is 25.6 Å². The normalized spacial score (nSPS) is 18.9. The van der Waals surface area contributed by atoms with Crippen molar-refractivity contribution in [3.05, 3.63) is 58.9 Å². The second-order valence-corrected chi connectivity index (χ2v) is 10.2. The van der Waals surface area contributed by atoms with Gasteiger partial charge in [-0.2, -0.15) is 0 Å². The largest absolute Gasteiger partial charge is 0.478 e. The van der Waals surface area contributed by atoms with Crippen molar-refractivity contribution in [1.29, 1.82) is 0 Å². The van der Waals surface area contributed by atoms with Crippen LogP contribution in [0.2, 0.25) is 0 Å². The Labute approximate surface area is 199 Å². The van der Waals surface area contributed by atoms with E-state index in [1.54, 1.807) is 0 Å². The quantitative estimate of drug-likeness (QED) is 0.544. The van der Waals surface area contributed by atoms with Crippen LogP contribution in [0.4, 0.5) is 5.69 Å². The lowest BCUT2D eigenvalue weighted by Gasteiger charge is -2.35. The van der Waals surface area contributed by atoms with Crippen molar-refractivity contribution >= 4 is 11.7 Å². The Morgan fingerprint density at radius 3 is 2.65 bits per heavy atom. The Balaban J connectivity index is 1.42. The lowest BCUT2D eigenvalue weighted by atomic mass is 9.88. The Morgan fingerprint density at radius 2 is 1.91 bits per heavy atom. The summed E-state index contributed by atoms with van der Waals surface area (Å²) in [7, 11) is 2.16. The molecule has 1 saturated carbocycles. The summed E-state index contributed by atoms with van der Waals surface area (Å²) in [5.74, 6) is -0.866. The van der Waals surface area contributed by atoms with E-state index in [-0.39, 0.29) is 5.54 Å². The molecule has 0 amide bonds. The van der Waals surface area contributed by atoms with E-state index in [2.05, 4.69) is 52.2 Å². The third-order valence-corrected chi connectivity index (χ3v) is 7.74. The number of pyridine rings is 1. The molecule has 0 bridgehead atoms. The van der Waals surface area contributed by atoms with Gasteiger partial charge in [0.05, 0.1) is 17.0 Å². The number of anilines is 1. The molecule has 0 atom stereocenters. The van der Waals surface area contributed by atoms with Gasteiger partial charge in [-0.15, -0.1) is 0 Å². The molecular weight excluding hydrogens is 426 g/mol. The zero-order valence-corrected chi connectivity index (χ0v) is 19.6. The van der Waals surface area contributed by atoms with Crippen LogP contribution in [-0.2, 0) is 19.3 Å². The molecule has 6 rings (SSSR count). The minimum absolute atomic E-state index is 0.259. The van der Waals surface area contributed by atoms with Gasteiger partial charge in [-0.3, -0.25) is 4.98 Å². The first-order valence-corrected chi connectivity index (χ1v) is 12.2. The van der Waals surface area contributed by atoms with Gasteiger partial charge in [-0.1, -0.05) is 18.2 Å². The summed E-state index contributed by atoms with van der Waals surface area (Å²) in [5.41, 5.74) is 14.6. The molecule has 1 aromatic carbocycles. The van der Waals surface area contributed by atoms with Gasteiger partial charge in [0.15, 0.2) is 0 Å². The number of aromatic nitrogens is 2. The number of rotatable bonds is 5. The molecule has 1 saturated heterocycles. The fraction of sp³-hybridized carbons (Fsp3) is 0.407. The molecule has 0 spiro atoms. The monoisotopic (exact) mass is 457 g/mol. The average molecular weight is 458 g/mol. The fourth-order valence-electron chi connectivity index (χ4n) is 5.49. The number of nitrogens with zero attached hydrogens (tertiary/aromatic N) is 3. The molecule has 3 aromatic rings. The molecule has 1 aliphatic heterocycles. The fourth-order valence-corrected chi connectivity index (χ4v) is 5.49. The van der Waals surface area contributed by atoms with E-state index in [1.807, 2.05) is 6.20 Å². The minimum atomic E-state index is -0.866. The number of H-pyrrole nitrogens is 1. The van der Waals surface area contributed by atoms with E-state index >= 15 is 0 Å². The third kappa shape index (κ3) is 3.69. The minimum Gasteiger partial charge on any atom is -0.478 e. The van der Waals surface area contributed by atoms with Crippen molar-refractivity contribution in [2.75, 3.05) is 38.1 Å². The molecule has 0 radical (unpaired) electrons. The zero-order chi connectivity index (χ0) is 23.4. The van der Waals surface area contributed by atoms with Crippen LogP contribution in [0, 0.1) is 0 Å². The molecule has 7 heteroatoms. The van der Waals surface area contributed by atoms with Crippen molar-refractivity contribution in [2.45, 2.75) is 37.6 Å². The van der Waals surface area contributed by atoms with E-state index in [0.29, 0.717) is 18.4 Å². The molecule has 34 heavy (non-hydrogen) atoms. The number of carbonyl (C=O) groups is 1. The van der Waals surface area contributed by atoms with E-state index in [1.165, 1.54) is 5.69 Å². The first-order chi connectivity index (χ1) is 16.4. The maximum absolute atomic E-state index is 12.2. The van der Waals surface area contributed by atoms with Crippen molar-refractivity contribution < 1.29 is 9.90 Å². The van der Waals surface area contributed by atoms with Crippen LogP contribution in [0.5, 0.6) is 0 Å². The summed E-state index contributed by atoms with van der Waals surface area (Å²) in [6.45, 7) is 4.07. The van der Waals surface area contributed by atoms with Crippen molar-refractivity contribution in [3.63, 3.8) is 0 Å². The number of benzene rings is 1. The number of fused-ring (bicyclic) bond motifs is 3. The molecular formula is C27H31N5O2. The number of carboxylic acid groups (broad SMARTS) is 1. The number of aryl methyl sites for hydroxylation is 1. The molecule has 2 aromatic heterocycles. The van der Waals surface area contributed by atoms with Gasteiger partial charge in [0, 0.05) is 66.8 Å². The predicted octanol–water partition coefficient (Wildman–Crippen LogP) is 3.33. The summed E-state index contributed by atoms with van der Waals surface area (Å²) in [4.78, 5) is 25.4. The highest BCUT2D eigenvalue weighted by atomic mass is 16.4. The maximum atomic E-state index is 12.2. The summed E-state index contributed by atoms with van der Waals surface area (Å²) in [6.07, 6.45) is 5.95. The number of para-hydroxylation sites is 1. The average Bonchev–Trinajstić information content (AvgIpc) is 3.44. The van der Waals surface area contributed by atoms with Crippen LogP contribution in [0.15, 0.2) is 36.5 Å². The van der Waals surface area contributed by atoms with Gasteiger partial charge in [0.25, 0.3) is 0 Å². The number of hydrogen-bond acceptors (Lipinski definition) is 5. The molecule has 7 nitrogen and oxygen atoms in total. The molecule has 0 unspecified atom stereocenters. The van der Waals surface area contributed by atoms with Crippen LogP contribution in [0.3, 0.4) is 0 Å². The standard InChI is InChI=1S/C27H31N5O2/c1-31-10-12-32(13-11-31)23-5-3-2-4-18(23)21-14-20-17(16-29-21)6-7-19-24(26(33)34)22(30-25(19)20)15-27(28)8-9-27/h2-5,14,16,30H,6-13,15,28H2,1H3,(H,33,34). The molecule has 3 heterocycles. The molecule has 3 aliphatic rings. The highest BCUT2D eigenvalue weighted by Gasteiger charge is 2.40. The van der Waals surface area contributed by atoms with E-state index < -0.39 is 5.97 Å². The van der Waals surface area contributed by atoms with Gasteiger partial charge >= 0.3 is 5.97 Å². The van der Waals surface area contributed by atoms with Crippen LogP contribution in [0.1, 0.15) is 40.0 Å². The van der Waals surface area contributed by atoms with Crippen molar-refractivity contribution in [2.24, 2.45) is 5.73 Å². The number of aromatic amines is 1. The van der Waals surface area contributed by atoms with Crippen molar-refractivity contribution in [3.8, 4) is 22.5 Å². The first kappa shape index (κ1) is 21.4. The lowest BCUT2D eigenvalue weighted by molar-refractivity contribution is 0.0694. The van der Waals surface area contributed by atoms with Gasteiger partial charge in [0.1, 0.15) is 0 Å². The Kier molecular flexibility index (Phi) is 5.00. The summed E-state index contributed by atoms with van der Waals surface area (Å²) in [5, 5.41) is 10.0. The number of nitrogens with one attached hydrogen (secondary N) is 1. The number of carboxylic acids is 1. The van der Waals surface area contributed by atoms with Crippen LogP contribution in [0.25, 0.3) is 22.5 Å². The molecule has 2 aliphatic carbocycles. The highest BCUT2D eigenvalue weighted by Crippen LogP contribution is 2.42. The highest BCUT2D eigenvalue weighted by molar-refractivity contribution is 5.95. The Hall–Kier alpha value is -3.16.